The number of hydrogen-bond donors (Lipinski definition) is 2. The molecule has 1 aromatic heterocycles. The molecule has 11 heavy (non-hydrogen) atoms. The van der Waals surface area contributed by atoms with E-state index in [9.17, 15) is 0 Å². The van der Waals surface area contributed by atoms with Crippen LogP contribution in [0.2, 0.25) is 0 Å². The molecule has 0 atom stereocenters. The first-order valence-electron chi connectivity index (χ1n) is 3.77. The molecule has 2 N–H and O–H groups in total. The number of nitrogens with one attached hydrogen (secondary N) is 2. The molecule has 0 bridgehead atoms. The summed E-state index contributed by atoms with van der Waals surface area (Å²) in [4.78, 5) is 0. The molecular formula is C7H11N3O. The highest BCUT2D eigenvalue weighted by Gasteiger charge is 2.17. The molecule has 1 aromatic rings. The first-order valence-corrected chi connectivity index (χ1v) is 3.77. The van der Waals surface area contributed by atoms with Gasteiger partial charge >= 0.3 is 0 Å². The van der Waals surface area contributed by atoms with Crippen molar-refractivity contribution >= 4 is 5.82 Å². The number of fused-ring (bicyclic) bond motifs is 1. The molecular weight excluding hydrogens is 142 g/mol. The molecule has 0 radical (unpaired) electrons. The zero-order valence-corrected chi connectivity index (χ0v) is 6.48. The van der Waals surface area contributed by atoms with Gasteiger partial charge in [-0.25, -0.2) is 0 Å². The second kappa shape index (κ2) is 2.54. The molecule has 4 heteroatoms. The molecule has 0 saturated carbocycles. The number of aromatic nitrogens is 1. The van der Waals surface area contributed by atoms with Gasteiger partial charge in [-0.05, 0) is 0 Å². The molecule has 1 aliphatic rings. The Morgan fingerprint density at radius 2 is 2.55 bits per heavy atom. The lowest BCUT2D eigenvalue weighted by Crippen LogP contribution is -2.22. The average molecular weight is 153 g/mol. The van der Waals surface area contributed by atoms with Crippen LogP contribution < -0.4 is 10.6 Å². The summed E-state index contributed by atoms with van der Waals surface area (Å²) >= 11 is 0. The Labute approximate surface area is 65.0 Å². The van der Waals surface area contributed by atoms with E-state index in [2.05, 4.69) is 15.8 Å². The smallest absolute Gasteiger partial charge is 0.173 e. The van der Waals surface area contributed by atoms with Gasteiger partial charge in [0.25, 0.3) is 0 Å². The maximum Gasteiger partial charge on any atom is 0.173 e. The minimum Gasteiger partial charge on any atom is -0.370 e. The van der Waals surface area contributed by atoms with E-state index < -0.39 is 0 Å². The fourth-order valence-corrected chi connectivity index (χ4v) is 1.33. The molecule has 0 amide bonds. The Kier molecular flexibility index (Phi) is 1.54. The monoisotopic (exact) mass is 153 g/mol. The summed E-state index contributed by atoms with van der Waals surface area (Å²) in [5.41, 5.74) is 1.18. The minimum atomic E-state index is 0.868. The molecule has 60 valence electrons. The normalized spacial score (nSPS) is 16.1. The number of hydrogen-bond acceptors (Lipinski definition) is 4. The van der Waals surface area contributed by atoms with Gasteiger partial charge in [-0.2, -0.15) is 0 Å². The Morgan fingerprint density at radius 1 is 1.64 bits per heavy atom. The van der Waals surface area contributed by atoms with E-state index in [1.54, 1.807) is 0 Å². The summed E-state index contributed by atoms with van der Waals surface area (Å²) in [6, 6.07) is 0. The predicted octanol–water partition coefficient (Wildman–Crippen LogP) is 0.362. The second-order valence-electron chi connectivity index (χ2n) is 2.61. The van der Waals surface area contributed by atoms with E-state index in [0.717, 1.165) is 31.1 Å². The summed E-state index contributed by atoms with van der Waals surface area (Å²) in [5, 5.41) is 10.1. The Morgan fingerprint density at radius 3 is 3.36 bits per heavy atom. The second-order valence-corrected chi connectivity index (χ2v) is 2.61. The number of rotatable bonds is 1. The van der Waals surface area contributed by atoms with Crippen molar-refractivity contribution in [3.05, 3.63) is 11.3 Å². The van der Waals surface area contributed by atoms with E-state index in [1.807, 2.05) is 7.05 Å². The van der Waals surface area contributed by atoms with E-state index in [4.69, 9.17) is 4.52 Å². The molecule has 0 fully saturated rings. The fourth-order valence-electron chi connectivity index (χ4n) is 1.33. The summed E-state index contributed by atoms with van der Waals surface area (Å²) in [6.07, 6.45) is 0.948. The lowest BCUT2D eigenvalue weighted by atomic mass is 10.1. The van der Waals surface area contributed by atoms with Gasteiger partial charge in [-0.15, -0.1) is 0 Å². The quantitative estimate of drug-likeness (QED) is 0.611. The van der Waals surface area contributed by atoms with Gasteiger partial charge in [0.1, 0.15) is 5.76 Å². The molecule has 2 heterocycles. The maximum atomic E-state index is 5.13. The van der Waals surface area contributed by atoms with Gasteiger partial charge in [-0.3, -0.25) is 0 Å². The van der Waals surface area contributed by atoms with E-state index in [1.165, 1.54) is 5.56 Å². The van der Waals surface area contributed by atoms with Crippen LogP contribution in [-0.2, 0) is 13.0 Å². The van der Waals surface area contributed by atoms with Crippen molar-refractivity contribution < 1.29 is 4.52 Å². The van der Waals surface area contributed by atoms with Crippen LogP contribution in [0, 0.1) is 0 Å². The molecule has 1 aliphatic heterocycles. The van der Waals surface area contributed by atoms with Crippen molar-refractivity contribution in [2.75, 3.05) is 18.9 Å². The third-order valence-corrected chi connectivity index (χ3v) is 1.94. The first-order chi connectivity index (χ1) is 5.42. The molecule has 2 rings (SSSR count). The Hall–Kier alpha value is -1.03. The van der Waals surface area contributed by atoms with Crippen molar-refractivity contribution in [1.82, 2.24) is 10.5 Å². The van der Waals surface area contributed by atoms with Crippen LogP contribution >= 0.6 is 0 Å². The van der Waals surface area contributed by atoms with Gasteiger partial charge in [0, 0.05) is 26.6 Å². The average Bonchev–Trinajstić information content (AvgIpc) is 2.47. The van der Waals surface area contributed by atoms with Crippen LogP contribution in [0.1, 0.15) is 11.3 Å². The van der Waals surface area contributed by atoms with Crippen LogP contribution in [0.4, 0.5) is 5.82 Å². The predicted molar refractivity (Wildman–Crippen MR) is 41.5 cm³/mol. The van der Waals surface area contributed by atoms with Crippen LogP contribution in [-0.4, -0.2) is 18.7 Å². The Balaban J connectivity index is 2.38. The zero-order chi connectivity index (χ0) is 7.68. The lowest BCUT2D eigenvalue weighted by Gasteiger charge is -2.10. The number of nitrogens with zero attached hydrogens (tertiary/aromatic N) is 1. The van der Waals surface area contributed by atoms with Crippen molar-refractivity contribution in [3.8, 4) is 0 Å². The number of anilines is 1. The van der Waals surface area contributed by atoms with Crippen molar-refractivity contribution in [2.24, 2.45) is 0 Å². The minimum absolute atomic E-state index is 0.868. The van der Waals surface area contributed by atoms with Gasteiger partial charge in [-0.1, -0.05) is 5.16 Å². The summed E-state index contributed by atoms with van der Waals surface area (Å²) < 4.78 is 5.13. The van der Waals surface area contributed by atoms with Crippen molar-refractivity contribution in [2.45, 2.75) is 13.0 Å². The van der Waals surface area contributed by atoms with E-state index in [0.29, 0.717) is 0 Å². The van der Waals surface area contributed by atoms with Gasteiger partial charge in [0.15, 0.2) is 5.82 Å². The fraction of sp³-hybridized carbons (Fsp3) is 0.571. The molecule has 0 unspecified atom stereocenters. The Bertz CT molecular complexity index is 243. The van der Waals surface area contributed by atoms with Gasteiger partial charge in [0.05, 0.1) is 5.56 Å². The highest BCUT2D eigenvalue weighted by molar-refractivity contribution is 5.45. The lowest BCUT2D eigenvalue weighted by molar-refractivity contribution is 0.374. The molecule has 0 saturated heterocycles. The van der Waals surface area contributed by atoms with Crippen LogP contribution in [0.3, 0.4) is 0 Å². The molecule has 0 aromatic carbocycles. The van der Waals surface area contributed by atoms with Crippen LogP contribution in [0.15, 0.2) is 4.52 Å². The van der Waals surface area contributed by atoms with E-state index >= 15 is 0 Å². The molecule has 0 aliphatic carbocycles. The van der Waals surface area contributed by atoms with Gasteiger partial charge in [0.2, 0.25) is 0 Å². The SMILES string of the molecule is CNc1noc2c1CNCC2. The van der Waals surface area contributed by atoms with Crippen LogP contribution in [0.25, 0.3) is 0 Å². The molecule has 4 nitrogen and oxygen atoms in total. The van der Waals surface area contributed by atoms with Crippen LogP contribution in [0.5, 0.6) is 0 Å². The highest BCUT2D eigenvalue weighted by atomic mass is 16.5. The topological polar surface area (TPSA) is 50.1 Å². The third-order valence-electron chi connectivity index (χ3n) is 1.94. The first kappa shape index (κ1) is 6.67. The summed E-state index contributed by atoms with van der Waals surface area (Å²) in [5.74, 6) is 1.89. The highest BCUT2D eigenvalue weighted by Crippen LogP contribution is 2.20. The van der Waals surface area contributed by atoms with Crippen molar-refractivity contribution in [1.29, 1.82) is 0 Å². The maximum absolute atomic E-state index is 5.13. The molecule has 0 spiro atoms. The largest absolute Gasteiger partial charge is 0.370 e. The summed E-state index contributed by atoms with van der Waals surface area (Å²) in [6.45, 7) is 1.86. The van der Waals surface area contributed by atoms with Crippen molar-refractivity contribution in [3.63, 3.8) is 0 Å². The zero-order valence-electron chi connectivity index (χ0n) is 6.48. The van der Waals surface area contributed by atoms with Gasteiger partial charge < -0.3 is 15.2 Å². The summed E-state index contributed by atoms with van der Waals surface area (Å²) in [7, 11) is 1.85. The van der Waals surface area contributed by atoms with E-state index in [-0.39, 0.29) is 0 Å². The standard InChI is InChI=1S/C7H11N3O/c1-8-7-5-4-9-3-2-6(5)11-10-7/h9H,2-4H2,1H3,(H,8,10). The third kappa shape index (κ3) is 0.991.